The molecule has 0 unspecified atom stereocenters. The highest BCUT2D eigenvalue weighted by molar-refractivity contribution is 7.10. The van der Waals surface area contributed by atoms with Crippen LogP contribution in [0.5, 0.6) is 0 Å². The molecule has 1 heteroatoms. The van der Waals surface area contributed by atoms with Crippen molar-refractivity contribution in [2.24, 2.45) is 0 Å². The van der Waals surface area contributed by atoms with Crippen molar-refractivity contribution in [3.63, 3.8) is 0 Å². The van der Waals surface area contributed by atoms with Gasteiger partial charge in [-0.05, 0) is 29.9 Å². The highest BCUT2D eigenvalue weighted by Crippen LogP contribution is 2.27. The SMILES string of the molecule is [C]1CCc2sccc21. The fourth-order valence-electron chi connectivity index (χ4n) is 1.00. The molecule has 0 N–H and O–H groups in total. The Bertz CT molecular complexity index is 170. The third-order valence-electron chi connectivity index (χ3n) is 1.41. The van der Waals surface area contributed by atoms with Crippen molar-refractivity contribution in [1.29, 1.82) is 0 Å². The lowest BCUT2D eigenvalue weighted by atomic mass is 10.3. The summed E-state index contributed by atoms with van der Waals surface area (Å²) in [4.78, 5) is 1.52. The van der Waals surface area contributed by atoms with Gasteiger partial charge in [0.1, 0.15) is 0 Å². The average molecular weight is 122 g/mol. The van der Waals surface area contributed by atoms with Crippen molar-refractivity contribution in [1.82, 2.24) is 0 Å². The zero-order valence-corrected chi connectivity index (χ0v) is 5.29. The molecule has 0 amide bonds. The molecule has 0 fully saturated rings. The normalized spacial score (nSPS) is 16.5. The molecule has 0 bridgehead atoms. The van der Waals surface area contributed by atoms with Gasteiger partial charge >= 0.3 is 0 Å². The van der Waals surface area contributed by atoms with Crippen molar-refractivity contribution in [2.75, 3.05) is 0 Å². The first-order chi connectivity index (χ1) is 3.97. The van der Waals surface area contributed by atoms with Crippen LogP contribution in [0.25, 0.3) is 0 Å². The number of aryl methyl sites for hydroxylation is 1. The number of fused-ring (bicyclic) bond motifs is 1. The van der Waals surface area contributed by atoms with Crippen LogP contribution in [0.4, 0.5) is 0 Å². The molecule has 0 aliphatic heterocycles. The molecule has 1 aliphatic rings. The zero-order valence-electron chi connectivity index (χ0n) is 4.48. The minimum absolute atomic E-state index is 1.14. The molecule has 0 saturated carbocycles. The summed E-state index contributed by atoms with van der Waals surface area (Å²) in [6, 6.07) is 2.15. The van der Waals surface area contributed by atoms with E-state index in [1.165, 1.54) is 16.9 Å². The Morgan fingerprint density at radius 2 is 2.62 bits per heavy atom. The van der Waals surface area contributed by atoms with E-state index < -0.39 is 0 Å². The van der Waals surface area contributed by atoms with Crippen LogP contribution < -0.4 is 0 Å². The van der Waals surface area contributed by atoms with Gasteiger partial charge in [0.2, 0.25) is 0 Å². The Kier molecular flexibility index (Phi) is 0.908. The van der Waals surface area contributed by atoms with Gasteiger partial charge in [-0.15, -0.1) is 11.3 Å². The standard InChI is InChI=1S/C7H6S/c1-2-6-4-5-8-7(6)3-1/h4-5H,1,3H2. The molecule has 2 radical (unpaired) electrons. The van der Waals surface area contributed by atoms with Crippen LogP contribution in [0.15, 0.2) is 11.4 Å². The molecule has 2 rings (SSSR count). The van der Waals surface area contributed by atoms with Crippen molar-refractivity contribution < 1.29 is 0 Å². The van der Waals surface area contributed by atoms with Crippen LogP contribution in [0.1, 0.15) is 16.9 Å². The summed E-state index contributed by atoms with van der Waals surface area (Å²) >= 11 is 1.85. The number of rotatable bonds is 0. The van der Waals surface area contributed by atoms with Crippen molar-refractivity contribution in [2.45, 2.75) is 12.8 Å². The second kappa shape index (κ2) is 1.59. The van der Waals surface area contributed by atoms with Crippen LogP contribution >= 0.6 is 11.3 Å². The highest BCUT2D eigenvalue weighted by atomic mass is 32.1. The van der Waals surface area contributed by atoms with Crippen LogP contribution in [0.3, 0.4) is 0 Å². The smallest absolute Gasteiger partial charge is 0.0180 e. The molecule has 8 heavy (non-hydrogen) atoms. The second-order valence-electron chi connectivity index (χ2n) is 1.93. The second-order valence-corrected chi connectivity index (χ2v) is 2.93. The maximum atomic E-state index is 3.29. The molecule has 0 spiro atoms. The molecule has 1 aromatic rings. The maximum Gasteiger partial charge on any atom is 0.0180 e. The Labute approximate surface area is 53.2 Å². The largest absolute Gasteiger partial charge is 0.149 e. The number of hydrogen-bond acceptors (Lipinski definition) is 1. The summed E-state index contributed by atoms with van der Waals surface area (Å²) in [6.45, 7) is 0. The topological polar surface area (TPSA) is 0 Å². The van der Waals surface area contributed by atoms with Crippen LogP contribution in [0.2, 0.25) is 0 Å². The van der Waals surface area contributed by atoms with E-state index in [2.05, 4.69) is 17.9 Å². The van der Waals surface area contributed by atoms with Gasteiger partial charge in [0.15, 0.2) is 0 Å². The minimum Gasteiger partial charge on any atom is -0.149 e. The molecular weight excluding hydrogens is 116 g/mol. The van der Waals surface area contributed by atoms with Gasteiger partial charge in [-0.1, -0.05) is 0 Å². The fraction of sp³-hybridized carbons (Fsp3) is 0.286. The van der Waals surface area contributed by atoms with Crippen molar-refractivity contribution in [3.05, 3.63) is 28.3 Å². The van der Waals surface area contributed by atoms with E-state index in [9.17, 15) is 0 Å². The molecule has 1 aliphatic carbocycles. The monoisotopic (exact) mass is 122 g/mol. The summed E-state index contributed by atoms with van der Waals surface area (Å²) in [6.07, 6.45) is 5.66. The quantitative estimate of drug-likeness (QED) is 0.494. The highest BCUT2D eigenvalue weighted by Gasteiger charge is 2.10. The Morgan fingerprint density at radius 1 is 1.62 bits per heavy atom. The van der Waals surface area contributed by atoms with Crippen LogP contribution in [0, 0.1) is 6.42 Å². The maximum absolute atomic E-state index is 3.29. The lowest BCUT2D eigenvalue weighted by Gasteiger charge is -1.78. The first-order valence-electron chi connectivity index (χ1n) is 2.77. The molecule has 0 atom stereocenters. The first-order valence-corrected chi connectivity index (χ1v) is 3.65. The predicted molar refractivity (Wildman–Crippen MR) is 35.0 cm³/mol. The summed E-state index contributed by atoms with van der Waals surface area (Å²) in [5.41, 5.74) is 1.36. The van der Waals surface area contributed by atoms with Crippen molar-refractivity contribution >= 4 is 11.3 Å². The molecule has 0 saturated heterocycles. The van der Waals surface area contributed by atoms with Gasteiger partial charge in [-0.2, -0.15) is 0 Å². The summed E-state index contributed by atoms with van der Waals surface area (Å²) in [7, 11) is 0. The lowest BCUT2D eigenvalue weighted by Crippen LogP contribution is -1.63. The van der Waals surface area contributed by atoms with E-state index in [0.717, 1.165) is 6.42 Å². The summed E-state index contributed by atoms with van der Waals surface area (Å²) in [5, 5.41) is 2.14. The van der Waals surface area contributed by atoms with Gasteiger partial charge in [-0.25, -0.2) is 0 Å². The Hall–Kier alpha value is -0.300. The zero-order chi connectivity index (χ0) is 5.40. The van der Waals surface area contributed by atoms with Gasteiger partial charge in [0.05, 0.1) is 0 Å². The van der Waals surface area contributed by atoms with Gasteiger partial charge < -0.3 is 0 Å². The average Bonchev–Trinajstić information content (AvgIpc) is 2.15. The van der Waals surface area contributed by atoms with Gasteiger partial charge in [0, 0.05) is 11.3 Å². The summed E-state index contributed by atoms with van der Waals surface area (Å²) in [5.74, 6) is 0. The molecule has 0 aromatic carbocycles. The van der Waals surface area contributed by atoms with E-state index >= 15 is 0 Å². The van der Waals surface area contributed by atoms with Crippen molar-refractivity contribution in [3.8, 4) is 0 Å². The molecule has 1 aromatic heterocycles. The minimum atomic E-state index is 1.14. The fourth-order valence-corrected chi connectivity index (χ4v) is 1.86. The van der Waals surface area contributed by atoms with E-state index in [0.29, 0.717) is 0 Å². The predicted octanol–water partition coefficient (Wildman–Crippen LogP) is 2.12. The van der Waals surface area contributed by atoms with Crippen LogP contribution in [-0.4, -0.2) is 0 Å². The Morgan fingerprint density at radius 3 is 3.50 bits per heavy atom. The lowest BCUT2D eigenvalue weighted by molar-refractivity contribution is 1.05. The Balaban J connectivity index is 2.54. The number of hydrogen-bond donors (Lipinski definition) is 0. The van der Waals surface area contributed by atoms with E-state index in [-0.39, 0.29) is 0 Å². The van der Waals surface area contributed by atoms with E-state index in [1.54, 1.807) is 0 Å². The van der Waals surface area contributed by atoms with E-state index in [4.69, 9.17) is 0 Å². The molecular formula is C7H6S. The van der Waals surface area contributed by atoms with Gasteiger partial charge in [-0.3, -0.25) is 0 Å². The van der Waals surface area contributed by atoms with Gasteiger partial charge in [0.25, 0.3) is 0 Å². The molecule has 40 valence electrons. The first kappa shape index (κ1) is 4.57. The third kappa shape index (κ3) is 0.511. The molecule has 0 nitrogen and oxygen atoms in total. The van der Waals surface area contributed by atoms with E-state index in [1.807, 2.05) is 11.3 Å². The van der Waals surface area contributed by atoms with Crippen LogP contribution in [-0.2, 0) is 6.42 Å². The molecule has 1 heterocycles. The summed E-state index contributed by atoms with van der Waals surface area (Å²) < 4.78 is 0. The number of thiophene rings is 1. The third-order valence-corrected chi connectivity index (χ3v) is 2.39.